The molecule has 4 rings (SSSR count). The highest BCUT2D eigenvalue weighted by molar-refractivity contribution is 7.13. The Labute approximate surface area is 159 Å². The van der Waals surface area contributed by atoms with E-state index in [1.807, 2.05) is 60.0 Å². The van der Waals surface area contributed by atoms with Crippen LogP contribution in [0.25, 0.3) is 21.6 Å². The van der Waals surface area contributed by atoms with E-state index in [9.17, 15) is 9.59 Å². The highest BCUT2D eigenvalue weighted by Crippen LogP contribution is 2.23. The Hall–Kier alpha value is -3.19. The number of thiazole rings is 1. The van der Waals surface area contributed by atoms with Crippen LogP contribution in [-0.4, -0.2) is 27.0 Å². The third-order valence-corrected chi connectivity index (χ3v) is 5.19. The number of carbonyl (C=O) groups excluding carboxylic acids is 1. The lowest BCUT2D eigenvalue weighted by atomic mass is 10.2. The molecule has 0 aliphatic carbocycles. The van der Waals surface area contributed by atoms with Crippen LogP contribution in [0.3, 0.4) is 0 Å². The third kappa shape index (κ3) is 3.83. The van der Waals surface area contributed by atoms with E-state index in [1.54, 1.807) is 4.57 Å². The van der Waals surface area contributed by atoms with E-state index in [-0.39, 0.29) is 18.0 Å². The number of fused-ring (bicyclic) bond motifs is 1. The first-order valence-electron chi connectivity index (χ1n) is 8.65. The van der Waals surface area contributed by atoms with Gasteiger partial charge >= 0.3 is 5.69 Å². The van der Waals surface area contributed by atoms with Crippen LogP contribution in [0.1, 0.15) is 5.69 Å². The number of hydrogen-bond acceptors (Lipinski definition) is 4. The molecule has 0 saturated heterocycles. The molecular formula is C20H18N4O2S. The number of H-pyrrole nitrogens is 1. The molecule has 2 N–H and O–H groups in total. The van der Waals surface area contributed by atoms with Crippen LogP contribution in [0, 0.1) is 0 Å². The lowest BCUT2D eigenvalue weighted by Gasteiger charge is -2.05. The van der Waals surface area contributed by atoms with Crippen LogP contribution in [0.15, 0.2) is 64.8 Å². The highest BCUT2D eigenvalue weighted by Gasteiger charge is 2.10. The van der Waals surface area contributed by atoms with Crippen molar-refractivity contribution >= 4 is 28.3 Å². The van der Waals surface area contributed by atoms with E-state index in [4.69, 9.17) is 0 Å². The smallest absolute Gasteiger partial charge is 0.326 e. The molecule has 2 aromatic heterocycles. The van der Waals surface area contributed by atoms with Crippen LogP contribution in [0.2, 0.25) is 0 Å². The van der Waals surface area contributed by atoms with E-state index in [0.717, 1.165) is 27.3 Å². The zero-order valence-electron chi connectivity index (χ0n) is 14.5. The number of aromatic nitrogens is 3. The molecule has 0 saturated carbocycles. The van der Waals surface area contributed by atoms with Crippen LogP contribution in [0.4, 0.5) is 0 Å². The Morgan fingerprint density at radius 2 is 1.89 bits per heavy atom. The zero-order valence-corrected chi connectivity index (χ0v) is 15.3. The minimum atomic E-state index is -0.169. The average molecular weight is 378 g/mol. The highest BCUT2D eigenvalue weighted by atomic mass is 32.1. The Balaban J connectivity index is 1.34. The quantitative estimate of drug-likeness (QED) is 0.541. The van der Waals surface area contributed by atoms with Crippen molar-refractivity contribution in [2.45, 2.75) is 13.0 Å². The third-order valence-electron chi connectivity index (χ3n) is 4.25. The summed E-state index contributed by atoms with van der Waals surface area (Å²) < 4.78 is 1.63. The average Bonchev–Trinajstić information content (AvgIpc) is 3.27. The predicted octanol–water partition coefficient (Wildman–Crippen LogP) is 2.81. The number of hydrogen-bond donors (Lipinski definition) is 2. The van der Waals surface area contributed by atoms with Crippen LogP contribution >= 0.6 is 11.3 Å². The van der Waals surface area contributed by atoms with Crippen LogP contribution < -0.4 is 11.0 Å². The number of carbonyl (C=O) groups is 1. The van der Waals surface area contributed by atoms with Crippen molar-refractivity contribution in [2.75, 3.05) is 6.54 Å². The van der Waals surface area contributed by atoms with Gasteiger partial charge in [-0.3, -0.25) is 9.36 Å². The van der Waals surface area contributed by atoms with Gasteiger partial charge in [-0.1, -0.05) is 42.5 Å². The van der Waals surface area contributed by atoms with Crippen molar-refractivity contribution in [3.8, 4) is 10.6 Å². The van der Waals surface area contributed by atoms with Crippen LogP contribution in [0.5, 0.6) is 0 Å². The second-order valence-electron chi connectivity index (χ2n) is 6.14. The summed E-state index contributed by atoms with van der Waals surface area (Å²) in [6.07, 6.45) is 0.228. The molecule has 0 aliphatic heterocycles. The molecule has 6 nitrogen and oxygen atoms in total. The van der Waals surface area contributed by atoms with E-state index < -0.39 is 0 Å². The topological polar surface area (TPSA) is 79.8 Å². The van der Waals surface area contributed by atoms with E-state index in [1.165, 1.54) is 11.3 Å². The number of nitrogens with zero attached hydrogens (tertiary/aromatic N) is 2. The second-order valence-corrected chi connectivity index (χ2v) is 6.99. The van der Waals surface area contributed by atoms with Gasteiger partial charge in [-0.15, -0.1) is 11.3 Å². The second kappa shape index (κ2) is 7.59. The number of imidazole rings is 1. The van der Waals surface area contributed by atoms with Gasteiger partial charge in [0.05, 0.1) is 23.1 Å². The maximum absolute atomic E-state index is 12.2. The van der Waals surface area contributed by atoms with Gasteiger partial charge in [0.15, 0.2) is 0 Å². The molecule has 4 aromatic rings. The summed E-state index contributed by atoms with van der Waals surface area (Å²) >= 11 is 1.53. The first kappa shape index (κ1) is 17.2. The van der Waals surface area contributed by atoms with Crippen molar-refractivity contribution in [2.24, 2.45) is 0 Å². The minimum Gasteiger partial charge on any atom is -0.354 e. The molecule has 27 heavy (non-hydrogen) atoms. The fourth-order valence-electron chi connectivity index (χ4n) is 2.96. The molecule has 0 atom stereocenters. The van der Waals surface area contributed by atoms with E-state index >= 15 is 0 Å². The monoisotopic (exact) mass is 378 g/mol. The molecule has 0 spiro atoms. The first-order chi connectivity index (χ1) is 13.2. The van der Waals surface area contributed by atoms with Crippen molar-refractivity contribution < 1.29 is 4.79 Å². The molecule has 0 unspecified atom stereocenters. The number of benzene rings is 2. The SMILES string of the molecule is O=C(Cc1csc(-c2ccccc2)n1)NCCn1c(=O)[nH]c2ccccc21. The number of rotatable bonds is 6. The van der Waals surface area contributed by atoms with Crippen molar-refractivity contribution in [1.29, 1.82) is 0 Å². The Bertz CT molecular complexity index is 1130. The van der Waals surface area contributed by atoms with E-state index in [2.05, 4.69) is 15.3 Å². The lowest BCUT2D eigenvalue weighted by Crippen LogP contribution is -2.31. The molecular weight excluding hydrogens is 360 g/mol. The fraction of sp³-hybridized carbons (Fsp3) is 0.150. The van der Waals surface area contributed by atoms with Crippen molar-refractivity contribution in [3.05, 3.63) is 76.2 Å². The molecule has 1 amide bonds. The first-order valence-corrected chi connectivity index (χ1v) is 9.53. The summed E-state index contributed by atoms with van der Waals surface area (Å²) in [4.78, 5) is 31.6. The van der Waals surface area contributed by atoms with Gasteiger partial charge in [0.2, 0.25) is 5.91 Å². The molecule has 2 heterocycles. The summed E-state index contributed by atoms with van der Waals surface area (Å²) in [6.45, 7) is 0.803. The molecule has 136 valence electrons. The summed E-state index contributed by atoms with van der Waals surface area (Å²) in [6, 6.07) is 17.4. The Morgan fingerprint density at radius 3 is 2.74 bits per heavy atom. The number of amides is 1. The van der Waals surface area contributed by atoms with Crippen molar-refractivity contribution in [1.82, 2.24) is 19.9 Å². The van der Waals surface area contributed by atoms with E-state index in [0.29, 0.717) is 13.1 Å². The van der Waals surface area contributed by atoms with Gasteiger partial charge in [0, 0.05) is 24.0 Å². The molecule has 2 aromatic carbocycles. The standard InChI is InChI=1S/C20H18N4O2S/c25-18(12-15-13-27-19(22-15)14-6-2-1-3-7-14)21-10-11-24-17-9-5-4-8-16(17)23-20(24)26/h1-9,13H,10-12H2,(H,21,25)(H,23,26). The van der Waals surface area contributed by atoms with Gasteiger partial charge in [-0.25, -0.2) is 9.78 Å². The molecule has 0 aliphatic rings. The fourth-order valence-corrected chi connectivity index (χ4v) is 3.79. The molecule has 0 radical (unpaired) electrons. The van der Waals surface area contributed by atoms with Crippen molar-refractivity contribution in [3.63, 3.8) is 0 Å². The number of nitrogens with one attached hydrogen (secondary N) is 2. The van der Waals surface area contributed by atoms with Gasteiger partial charge in [-0.2, -0.15) is 0 Å². The minimum absolute atomic E-state index is 0.104. The maximum atomic E-state index is 12.2. The Kier molecular flexibility index (Phi) is 4.84. The molecule has 0 fully saturated rings. The number of para-hydroxylation sites is 2. The lowest BCUT2D eigenvalue weighted by molar-refractivity contribution is -0.120. The van der Waals surface area contributed by atoms with Gasteiger partial charge in [0.1, 0.15) is 5.01 Å². The largest absolute Gasteiger partial charge is 0.354 e. The summed E-state index contributed by atoms with van der Waals surface area (Å²) in [5.74, 6) is -0.104. The van der Waals surface area contributed by atoms with Gasteiger partial charge < -0.3 is 10.3 Å². The summed E-state index contributed by atoms with van der Waals surface area (Å²) in [5.41, 5.74) is 3.26. The normalized spacial score (nSPS) is 11.0. The maximum Gasteiger partial charge on any atom is 0.326 e. The molecule has 7 heteroatoms. The predicted molar refractivity (Wildman–Crippen MR) is 107 cm³/mol. The summed E-state index contributed by atoms with van der Waals surface area (Å²) in [7, 11) is 0. The molecule has 0 bridgehead atoms. The Morgan fingerprint density at radius 1 is 1.11 bits per heavy atom. The van der Waals surface area contributed by atoms with Crippen LogP contribution in [-0.2, 0) is 17.8 Å². The number of aromatic amines is 1. The van der Waals surface area contributed by atoms with Gasteiger partial charge in [-0.05, 0) is 12.1 Å². The summed E-state index contributed by atoms with van der Waals surface area (Å²) in [5, 5.41) is 5.68. The van der Waals surface area contributed by atoms with Gasteiger partial charge in [0.25, 0.3) is 0 Å². The zero-order chi connectivity index (χ0) is 18.6.